The van der Waals surface area contributed by atoms with Gasteiger partial charge in [-0.2, -0.15) is 0 Å². The van der Waals surface area contributed by atoms with Crippen molar-refractivity contribution in [3.8, 4) is 5.75 Å². The summed E-state index contributed by atoms with van der Waals surface area (Å²) < 4.78 is 5.46. The van der Waals surface area contributed by atoms with Crippen LogP contribution < -0.4 is 15.6 Å². The zero-order valence-corrected chi connectivity index (χ0v) is 16.6. The molecule has 0 spiro atoms. The molecule has 0 saturated heterocycles. The largest absolute Gasteiger partial charge is 0.492 e. The number of hydrogen-bond donors (Lipinski definition) is 2. The van der Waals surface area contributed by atoms with Crippen molar-refractivity contribution in [2.24, 2.45) is 0 Å². The van der Waals surface area contributed by atoms with Crippen molar-refractivity contribution < 1.29 is 19.2 Å². The summed E-state index contributed by atoms with van der Waals surface area (Å²) in [7, 11) is 0. The molecule has 2 aromatic carbocycles. The first-order chi connectivity index (χ1) is 13.8. The van der Waals surface area contributed by atoms with Crippen LogP contribution in [0.4, 0.5) is 5.69 Å². The Morgan fingerprint density at radius 1 is 1.14 bits per heavy atom. The molecule has 0 fully saturated rings. The van der Waals surface area contributed by atoms with Crippen molar-refractivity contribution in [1.82, 2.24) is 10.9 Å². The van der Waals surface area contributed by atoms with E-state index in [9.17, 15) is 19.7 Å². The van der Waals surface area contributed by atoms with E-state index in [0.717, 1.165) is 6.08 Å². The molecule has 2 aromatic rings. The molecule has 2 rings (SSSR count). The van der Waals surface area contributed by atoms with Crippen LogP contribution in [-0.2, 0) is 9.59 Å². The van der Waals surface area contributed by atoms with Gasteiger partial charge in [-0.3, -0.25) is 30.6 Å². The predicted octanol–water partition coefficient (Wildman–Crippen LogP) is 3.92. The molecule has 152 valence electrons. The molecule has 29 heavy (non-hydrogen) atoms. The van der Waals surface area contributed by atoms with Crippen molar-refractivity contribution in [2.45, 2.75) is 12.8 Å². The average molecular weight is 438 g/mol. The Balaban J connectivity index is 1.68. The normalized spacial score (nSPS) is 10.6. The molecule has 0 aliphatic heterocycles. The minimum atomic E-state index is -0.575. The fourth-order valence-corrected chi connectivity index (χ4v) is 2.62. The van der Waals surface area contributed by atoms with Gasteiger partial charge in [0, 0.05) is 29.7 Å². The first-order valence-corrected chi connectivity index (χ1v) is 9.20. The Labute approximate surface area is 176 Å². The highest BCUT2D eigenvalue weighted by atomic mass is 35.5. The van der Waals surface area contributed by atoms with E-state index >= 15 is 0 Å². The van der Waals surface area contributed by atoms with Crippen molar-refractivity contribution in [3.05, 3.63) is 74.3 Å². The number of nitrogens with zero attached hydrogens (tertiary/aromatic N) is 1. The number of benzene rings is 2. The Morgan fingerprint density at radius 2 is 1.93 bits per heavy atom. The molecule has 0 heterocycles. The summed E-state index contributed by atoms with van der Waals surface area (Å²) in [5.41, 5.74) is 4.90. The van der Waals surface area contributed by atoms with Gasteiger partial charge in [-0.1, -0.05) is 35.3 Å². The zero-order valence-electron chi connectivity index (χ0n) is 15.1. The first kappa shape index (κ1) is 22.2. The molecule has 0 radical (unpaired) electrons. The second-order valence-corrected chi connectivity index (χ2v) is 6.59. The molecule has 2 amide bonds. The Bertz CT molecular complexity index is 934. The number of rotatable bonds is 8. The number of nitro benzene ring substituents is 1. The molecule has 10 heteroatoms. The highest BCUT2D eigenvalue weighted by Crippen LogP contribution is 2.27. The van der Waals surface area contributed by atoms with Crippen LogP contribution in [0.25, 0.3) is 6.08 Å². The van der Waals surface area contributed by atoms with E-state index in [0.29, 0.717) is 27.8 Å². The lowest BCUT2D eigenvalue weighted by atomic mass is 10.2. The van der Waals surface area contributed by atoms with Crippen molar-refractivity contribution in [1.29, 1.82) is 0 Å². The molecule has 0 aliphatic carbocycles. The van der Waals surface area contributed by atoms with Gasteiger partial charge in [-0.15, -0.1) is 0 Å². The topological polar surface area (TPSA) is 111 Å². The van der Waals surface area contributed by atoms with Crippen molar-refractivity contribution in [2.75, 3.05) is 6.61 Å². The van der Waals surface area contributed by atoms with Gasteiger partial charge < -0.3 is 4.74 Å². The van der Waals surface area contributed by atoms with Gasteiger partial charge in [0.1, 0.15) is 5.75 Å². The molecule has 0 aliphatic rings. The summed E-state index contributed by atoms with van der Waals surface area (Å²) in [6.07, 6.45) is 3.09. The standard InChI is InChI=1S/C19H17Cl2N3O5/c20-14-7-8-17(16(21)12-14)29-10-2-5-18(25)22-23-19(26)9-6-13-3-1-4-15(11-13)24(27)28/h1,3-4,6-9,11-12H,2,5,10H2,(H,22,25)(H,23,26)/b9-6+. The molecule has 8 nitrogen and oxygen atoms in total. The molecule has 0 atom stereocenters. The molecule has 0 bridgehead atoms. The number of non-ortho nitro benzene ring substituents is 1. The lowest BCUT2D eigenvalue weighted by Gasteiger charge is -2.08. The third kappa shape index (κ3) is 7.81. The van der Waals surface area contributed by atoms with Gasteiger partial charge >= 0.3 is 0 Å². The number of carbonyl (C=O) groups is 2. The van der Waals surface area contributed by atoms with Gasteiger partial charge in [0.05, 0.1) is 16.6 Å². The molecule has 0 unspecified atom stereocenters. The smallest absolute Gasteiger partial charge is 0.270 e. The minimum Gasteiger partial charge on any atom is -0.492 e. The van der Waals surface area contributed by atoms with Crippen LogP contribution in [0.5, 0.6) is 5.75 Å². The summed E-state index contributed by atoms with van der Waals surface area (Å²) in [6.45, 7) is 0.259. The highest BCUT2D eigenvalue weighted by molar-refractivity contribution is 6.35. The summed E-state index contributed by atoms with van der Waals surface area (Å²) in [6, 6.07) is 10.6. The highest BCUT2D eigenvalue weighted by Gasteiger charge is 2.06. The summed E-state index contributed by atoms with van der Waals surface area (Å²) in [4.78, 5) is 33.7. The number of hydrogen-bond acceptors (Lipinski definition) is 5. The maximum Gasteiger partial charge on any atom is 0.270 e. The van der Waals surface area contributed by atoms with Crippen LogP contribution in [0.15, 0.2) is 48.5 Å². The van der Waals surface area contributed by atoms with E-state index < -0.39 is 16.7 Å². The molecular weight excluding hydrogens is 421 g/mol. The third-order valence-corrected chi connectivity index (χ3v) is 4.06. The fraction of sp³-hybridized carbons (Fsp3) is 0.158. The van der Waals surface area contributed by atoms with Crippen LogP contribution in [0, 0.1) is 10.1 Å². The number of amides is 2. The van der Waals surface area contributed by atoms with Crippen molar-refractivity contribution >= 4 is 46.8 Å². The lowest BCUT2D eigenvalue weighted by molar-refractivity contribution is -0.384. The van der Waals surface area contributed by atoms with Gasteiger partial charge in [-0.25, -0.2) is 0 Å². The number of halogens is 2. The summed E-state index contributed by atoms with van der Waals surface area (Å²) in [5, 5.41) is 11.6. The Morgan fingerprint density at radius 3 is 2.66 bits per heavy atom. The number of carbonyl (C=O) groups excluding carboxylic acids is 2. The first-order valence-electron chi connectivity index (χ1n) is 8.44. The van der Waals surface area contributed by atoms with E-state index in [1.54, 1.807) is 24.3 Å². The van der Waals surface area contributed by atoms with Crippen LogP contribution in [-0.4, -0.2) is 23.3 Å². The predicted molar refractivity (Wildman–Crippen MR) is 110 cm³/mol. The SMILES string of the molecule is O=C(/C=C/c1cccc([N+](=O)[O-])c1)NNC(=O)CCCOc1ccc(Cl)cc1Cl. The van der Waals surface area contributed by atoms with E-state index in [4.69, 9.17) is 27.9 Å². The Kier molecular flexibility index (Phi) is 8.45. The molecular formula is C19H17Cl2N3O5. The number of nitrogens with one attached hydrogen (secondary N) is 2. The van der Waals surface area contributed by atoms with E-state index in [2.05, 4.69) is 10.9 Å². The second kappa shape index (κ2) is 11.0. The van der Waals surface area contributed by atoms with E-state index in [1.807, 2.05) is 0 Å². The van der Waals surface area contributed by atoms with Crippen LogP contribution in [0.2, 0.25) is 10.0 Å². The Hall–Kier alpha value is -3.10. The van der Waals surface area contributed by atoms with Gasteiger partial charge in [0.2, 0.25) is 5.91 Å². The summed E-state index contributed by atoms with van der Waals surface area (Å²) >= 11 is 11.8. The maximum absolute atomic E-state index is 11.7. The molecule has 0 aromatic heterocycles. The number of ether oxygens (including phenoxy) is 1. The quantitative estimate of drug-likeness (QED) is 0.281. The van der Waals surface area contributed by atoms with Gasteiger partial charge in [0.15, 0.2) is 0 Å². The third-order valence-electron chi connectivity index (χ3n) is 3.53. The summed E-state index contributed by atoms with van der Waals surface area (Å²) in [5.74, 6) is -0.502. The minimum absolute atomic E-state index is 0.0806. The fourth-order valence-electron chi connectivity index (χ4n) is 2.16. The number of nitro groups is 1. The monoisotopic (exact) mass is 437 g/mol. The zero-order chi connectivity index (χ0) is 21.2. The average Bonchev–Trinajstić information content (AvgIpc) is 2.69. The van der Waals surface area contributed by atoms with Crippen LogP contribution in [0.3, 0.4) is 0 Å². The van der Waals surface area contributed by atoms with Gasteiger partial charge in [0.25, 0.3) is 11.6 Å². The van der Waals surface area contributed by atoms with Gasteiger partial charge in [-0.05, 0) is 36.3 Å². The molecule has 0 saturated carbocycles. The van der Waals surface area contributed by atoms with Crippen LogP contribution >= 0.6 is 23.2 Å². The van der Waals surface area contributed by atoms with E-state index in [1.165, 1.54) is 24.3 Å². The van der Waals surface area contributed by atoms with Crippen molar-refractivity contribution in [3.63, 3.8) is 0 Å². The lowest BCUT2D eigenvalue weighted by Crippen LogP contribution is -2.40. The van der Waals surface area contributed by atoms with Crippen LogP contribution in [0.1, 0.15) is 18.4 Å². The van der Waals surface area contributed by atoms with E-state index in [-0.39, 0.29) is 18.7 Å². The molecule has 2 N–H and O–H groups in total. The maximum atomic E-state index is 11.7. The second-order valence-electron chi connectivity index (χ2n) is 5.75. The number of hydrazine groups is 1.